The van der Waals surface area contributed by atoms with Gasteiger partial charge >= 0.3 is 0 Å². The van der Waals surface area contributed by atoms with E-state index in [9.17, 15) is 8.42 Å². The monoisotopic (exact) mass is 306 g/mol. The average Bonchev–Trinajstić information content (AvgIpc) is 2.53. The van der Waals surface area contributed by atoms with Crippen LogP contribution >= 0.6 is 0 Å². The molecule has 0 aliphatic carbocycles. The van der Waals surface area contributed by atoms with E-state index >= 15 is 0 Å². The second-order valence-electron chi connectivity index (χ2n) is 4.64. The van der Waals surface area contributed by atoms with Gasteiger partial charge in [0.2, 0.25) is 10.0 Å². The van der Waals surface area contributed by atoms with Crippen LogP contribution in [0, 0.1) is 0 Å². The zero-order valence-electron chi connectivity index (χ0n) is 11.5. The first-order valence-corrected chi connectivity index (χ1v) is 8.20. The maximum atomic E-state index is 12.4. The predicted molar refractivity (Wildman–Crippen MR) is 80.1 cm³/mol. The van der Waals surface area contributed by atoms with Gasteiger partial charge in [0, 0.05) is 25.0 Å². The van der Waals surface area contributed by atoms with Crippen LogP contribution in [-0.4, -0.2) is 25.1 Å². The molecule has 2 N–H and O–H groups in total. The largest absolute Gasteiger partial charge is 0.396 e. The van der Waals surface area contributed by atoms with E-state index in [1.165, 1.54) is 18.5 Å². The average molecular weight is 306 g/mol. The molecule has 0 bridgehead atoms. The topological polar surface area (TPSA) is 79.3 Å². The minimum absolute atomic E-state index is 0.0257. The van der Waals surface area contributed by atoms with Crippen molar-refractivity contribution in [1.82, 2.24) is 9.71 Å². The Bertz CT molecular complexity index is 645. The van der Waals surface area contributed by atoms with Crippen LogP contribution in [0.15, 0.2) is 59.8 Å². The molecule has 2 rings (SSSR count). The number of aliphatic hydroxyl groups is 1. The first-order valence-electron chi connectivity index (χ1n) is 6.71. The summed E-state index contributed by atoms with van der Waals surface area (Å²) >= 11 is 0. The smallest absolute Gasteiger partial charge is 0.242 e. The Kier molecular flexibility index (Phi) is 5.44. The highest BCUT2D eigenvalue weighted by molar-refractivity contribution is 7.89. The first-order chi connectivity index (χ1) is 10.1. The third-order valence-corrected chi connectivity index (χ3v) is 4.55. The Morgan fingerprint density at radius 3 is 2.52 bits per heavy atom. The molecule has 0 saturated carbocycles. The molecule has 0 aliphatic heterocycles. The highest BCUT2D eigenvalue weighted by Crippen LogP contribution is 2.21. The Morgan fingerprint density at radius 1 is 1.14 bits per heavy atom. The summed E-state index contributed by atoms with van der Waals surface area (Å²) in [5.41, 5.74) is 0.874. The molecule has 0 spiro atoms. The molecule has 21 heavy (non-hydrogen) atoms. The van der Waals surface area contributed by atoms with Gasteiger partial charge in [-0.15, -0.1) is 0 Å². The maximum absolute atomic E-state index is 12.4. The molecule has 2 aromatic rings. The highest BCUT2D eigenvalue weighted by Gasteiger charge is 2.21. The molecule has 0 amide bonds. The fourth-order valence-electron chi connectivity index (χ4n) is 2.04. The number of nitrogens with one attached hydrogen (secondary N) is 1. The molecule has 1 atom stereocenters. The van der Waals surface area contributed by atoms with Gasteiger partial charge < -0.3 is 5.11 Å². The summed E-state index contributed by atoms with van der Waals surface area (Å²) in [5.74, 6) is 0. The van der Waals surface area contributed by atoms with Crippen LogP contribution in [0.25, 0.3) is 0 Å². The van der Waals surface area contributed by atoms with Crippen molar-refractivity contribution >= 4 is 10.0 Å². The second-order valence-corrected chi connectivity index (χ2v) is 6.35. The molecule has 0 saturated heterocycles. The lowest BCUT2D eigenvalue weighted by atomic mass is 10.0. The molecule has 0 radical (unpaired) electrons. The summed E-state index contributed by atoms with van der Waals surface area (Å²) in [6.07, 6.45) is 3.89. The quantitative estimate of drug-likeness (QED) is 0.818. The van der Waals surface area contributed by atoms with Gasteiger partial charge in [-0.1, -0.05) is 30.3 Å². The number of aromatic nitrogens is 1. The minimum Gasteiger partial charge on any atom is -0.396 e. The van der Waals surface area contributed by atoms with Crippen LogP contribution in [0.3, 0.4) is 0 Å². The number of hydrogen-bond acceptors (Lipinski definition) is 4. The molecule has 1 aromatic carbocycles. The van der Waals surface area contributed by atoms with E-state index in [-0.39, 0.29) is 17.5 Å². The van der Waals surface area contributed by atoms with Crippen molar-refractivity contribution in [1.29, 1.82) is 0 Å². The van der Waals surface area contributed by atoms with Crippen molar-refractivity contribution in [2.75, 3.05) is 6.61 Å². The molecule has 1 heterocycles. The van der Waals surface area contributed by atoms with E-state index < -0.39 is 10.0 Å². The summed E-state index contributed by atoms with van der Waals surface area (Å²) in [6, 6.07) is 12.1. The van der Waals surface area contributed by atoms with Crippen LogP contribution in [0.2, 0.25) is 0 Å². The van der Waals surface area contributed by atoms with E-state index in [0.29, 0.717) is 12.8 Å². The molecular weight excluding hydrogens is 288 g/mol. The molecule has 0 aliphatic rings. The lowest BCUT2D eigenvalue weighted by Gasteiger charge is -2.18. The Hall–Kier alpha value is -1.76. The van der Waals surface area contributed by atoms with E-state index in [0.717, 1.165) is 5.56 Å². The Morgan fingerprint density at radius 2 is 1.90 bits per heavy atom. The van der Waals surface area contributed by atoms with E-state index in [4.69, 9.17) is 5.11 Å². The number of benzene rings is 1. The second kappa shape index (κ2) is 7.31. The van der Waals surface area contributed by atoms with Gasteiger partial charge in [-0.05, 0) is 30.5 Å². The molecule has 112 valence electrons. The van der Waals surface area contributed by atoms with Crippen molar-refractivity contribution in [3.05, 3.63) is 60.4 Å². The Labute approximate surface area is 124 Å². The van der Waals surface area contributed by atoms with Gasteiger partial charge in [-0.2, -0.15) is 0 Å². The zero-order chi connectivity index (χ0) is 15.1. The molecule has 6 heteroatoms. The fraction of sp³-hybridized carbons (Fsp3) is 0.267. The standard InChI is InChI=1S/C15H18N2O3S/c18-11-5-9-15(13-6-2-1-3-7-13)17-21(19,20)14-8-4-10-16-12-14/h1-4,6-8,10,12,15,17-18H,5,9,11H2. The number of sulfonamides is 1. The van der Waals surface area contributed by atoms with Crippen LogP contribution in [0.5, 0.6) is 0 Å². The van der Waals surface area contributed by atoms with Crippen LogP contribution in [0.4, 0.5) is 0 Å². The van der Waals surface area contributed by atoms with Crippen molar-refractivity contribution in [3.8, 4) is 0 Å². The highest BCUT2D eigenvalue weighted by atomic mass is 32.2. The lowest BCUT2D eigenvalue weighted by molar-refractivity contribution is 0.278. The molecular formula is C15H18N2O3S. The number of hydrogen-bond donors (Lipinski definition) is 2. The van der Waals surface area contributed by atoms with Gasteiger partial charge in [-0.3, -0.25) is 4.98 Å². The van der Waals surface area contributed by atoms with Crippen LogP contribution in [-0.2, 0) is 10.0 Å². The van der Waals surface area contributed by atoms with Crippen molar-refractivity contribution in [2.45, 2.75) is 23.8 Å². The van der Waals surface area contributed by atoms with Crippen molar-refractivity contribution in [3.63, 3.8) is 0 Å². The van der Waals surface area contributed by atoms with Gasteiger partial charge in [0.25, 0.3) is 0 Å². The van der Waals surface area contributed by atoms with Gasteiger partial charge in [0.1, 0.15) is 4.90 Å². The van der Waals surface area contributed by atoms with Gasteiger partial charge in [-0.25, -0.2) is 13.1 Å². The molecule has 1 unspecified atom stereocenters. The van der Waals surface area contributed by atoms with Crippen molar-refractivity contribution in [2.24, 2.45) is 0 Å². The van der Waals surface area contributed by atoms with E-state index in [2.05, 4.69) is 9.71 Å². The number of rotatable bonds is 7. The summed E-state index contributed by atoms with van der Waals surface area (Å²) in [7, 11) is -3.63. The maximum Gasteiger partial charge on any atom is 0.242 e. The summed E-state index contributed by atoms with van der Waals surface area (Å²) in [6.45, 7) is 0.0257. The normalized spacial score (nSPS) is 13.0. The van der Waals surface area contributed by atoms with Gasteiger partial charge in [0.15, 0.2) is 0 Å². The molecule has 5 nitrogen and oxygen atoms in total. The SMILES string of the molecule is O=S(=O)(NC(CCCO)c1ccccc1)c1cccnc1. The number of nitrogens with zero attached hydrogens (tertiary/aromatic N) is 1. The summed E-state index contributed by atoms with van der Waals surface area (Å²) < 4.78 is 27.4. The first kappa shape index (κ1) is 15.6. The van der Waals surface area contributed by atoms with E-state index in [1.54, 1.807) is 6.07 Å². The van der Waals surface area contributed by atoms with Crippen LogP contribution in [0.1, 0.15) is 24.4 Å². The van der Waals surface area contributed by atoms with E-state index in [1.807, 2.05) is 30.3 Å². The zero-order valence-corrected chi connectivity index (χ0v) is 12.3. The van der Waals surface area contributed by atoms with Gasteiger partial charge in [0.05, 0.1) is 0 Å². The minimum atomic E-state index is -3.63. The molecule has 0 fully saturated rings. The lowest BCUT2D eigenvalue weighted by Crippen LogP contribution is -2.29. The predicted octanol–water partition coefficient (Wildman–Crippen LogP) is 1.87. The molecule has 1 aromatic heterocycles. The third-order valence-electron chi connectivity index (χ3n) is 3.09. The fourth-order valence-corrected chi connectivity index (χ4v) is 3.26. The summed E-state index contributed by atoms with van der Waals surface area (Å²) in [5, 5.41) is 8.99. The summed E-state index contributed by atoms with van der Waals surface area (Å²) in [4.78, 5) is 3.97. The Balaban J connectivity index is 2.23. The van der Waals surface area contributed by atoms with Crippen LogP contribution < -0.4 is 4.72 Å². The van der Waals surface area contributed by atoms with Crippen molar-refractivity contribution < 1.29 is 13.5 Å². The third kappa shape index (κ3) is 4.35. The number of aliphatic hydroxyl groups excluding tert-OH is 1. The number of pyridine rings is 1.